The molecule has 0 aliphatic heterocycles. The molecule has 0 heterocycles. The van der Waals surface area contributed by atoms with Crippen LogP contribution in [0, 0.1) is 0 Å². The predicted octanol–water partition coefficient (Wildman–Crippen LogP) is 2.26. The maximum atomic E-state index is 8.63. The first-order valence-corrected chi connectivity index (χ1v) is 4.22. The van der Waals surface area contributed by atoms with Gasteiger partial charge in [0.2, 0.25) is 0 Å². The van der Waals surface area contributed by atoms with Gasteiger partial charge in [0.05, 0.1) is 6.61 Å². The quantitative estimate of drug-likeness (QED) is 0.437. The van der Waals surface area contributed by atoms with E-state index in [0.29, 0.717) is 0 Å². The number of allylic oxidation sites excluding steroid dienone is 1. The molecule has 0 bridgehead atoms. The molecule has 1 aliphatic rings. The van der Waals surface area contributed by atoms with E-state index in [1.807, 2.05) is 6.08 Å². The second-order valence-corrected chi connectivity index (χ2v) is 2.96. The molecular weight excluding hydrogens is 124 g/mol. The second-order valence-electron chi connectivity index (χ2n) is 2.96. The van der Waals surface area contributed by atoms with Crippen molar-refractivity contribution in [2.45, 2.75) is 38.5 Å². The summed E-state index contributed by atoms with van der Waals surface area (Å²) in [5.41, 5.74) is 1.47. The van der Waals surface area contributed by atoms with E-state index < -0.39 is 0 Å². The van der Waals surface area contributed by atoms with E-state index in [-0.39, 0.29) is 6.61 Å². The fraction of sp³-hybridized carbons (Fsp3) is 0.778. The van der Waals surface area contributed by atoms with Crippen molar-refractivity contribution >= 4 is 0 Å². The normalized spacial score (nSPS) is 20.3. The van der Waals surface area contributed by atoms with Crippen LogP contribution in [0.15, 0.2) is 11.6 Å². The Balaban J connectivity index is 2.35. The van der Waals surface area contributed by atoms with Gasteiger partial charge in [0.1, 0.15) is 0 Å². The van der Waals surface area contributed by atoms with Crippen LogP contribution in [0.2, 0.25) is 0 Å². The Labute approximate surface area is 62.8 Å². The van der Waals surface area contributed by atoms with Crippen LogP contribution in [0.3, 0.4) is 0 Å². The molecule has 0 aromatic carbocycles. The number of aliphatic hydroxyl groups excluding tert-OH is 1. The van der Waals surface area contributed by atoms with Crippen molar-refractivity contribution < 1.29 is 5.11 Å². The predicted molar refractivity (Wildman–Crippen MR) is 42.9 cm³/mol. The van der Waals surface area contributed by atoms with Gasteiger partial charge in [-0.2, -0.15) is 0 Å². The van der Waals surface area contributed by atoms with Crippen molar-refractivity contribution in [3.05, 3.63) is 11.6 Å². The summed E-state index contributed by atoms with van der Waals surface area (Å²) in [6, 6.07) is 0. The van der Waals surface area contributed by atoms with Gasteiger partial charge >= 0.3 is 0 Å². The van der Waals surface area contributed by atoms with Crippen molar-refractivity contribution in [3.63, 3.8) is 0 Å². The maximum absolute atomic E-state index is 8.63. The Morgan fingerprint density at radius 3 is 2.20 bits per heavy atom. The Kier molecular flexibility index (Phi) is 3.52. The first kappa shape index (κ1) is 7.80. The van der Waals surface area contributed by atoms with E-state index in [1.165, 1.54) is 44.1 Å². The minimum atomic E-state index is 0.231. The highest BCUT2D eigenvalue weighted by Crippen LogP contribution is 2.21. The molecule has 10 heavy (non-hydrogen) atoms. The number of aliphatic hydroxyl groups is 1. The molecule has 0 amide bonds. The third-order valence-corrected chi connectivity index (χ3v) is 2.13. The van der Waals surface area contributed by atoms with Gasteiger partial charge in [-0.05, 0) is 25.7 Å². The largest absolute Gasteiger partial charge is 0.392 e. The summed E-state index contributed by atoms with van der Waals surface area (Å²) in [6.45, 7) is 0.231. The average Bonchev–Trinajstić information content (AvgIpc) is 2.17. The van der Waals surface area contributed by atoms with E-state index in [4.69, 9.17) is 5.11 Å². The van der Waals surface area contributed by atoms with Crippen LogP contribution < -0.4 is 0 Å². The minimum Gasteiger partial charge on any atom is -0.392 e. The Morgan fingerprint density at radius 1 is 1.10 bits per heavy atom. The van der Waals surface area contributed by atoms with E-state index in [2.05, 4.69) is 0 Å². The van der Waals surface area contributed by atoms with Crippen LogP contribution in [-0.4, -0.2) is 11.7 Å². The molecule has 1 fully saturated rings. The third kappa shape index (κ3) is 2.53. The van der Waals surface area contributed by atoms with Crippen LogP contribution in [0.4, 0.5) is 0 Å². The molecule has 0 atom stereocenters. The van der Waals surface area contributed by atoms with E-state index >= 15 is 0 Å². The highest BCUT2D eigenvalue weighted by atomic mass is 16.2. The molecular formula is C9H16O. The zero-order valence-corrected chi connectivity index (χ0v) is 6.47. The summed E-state index contributed by atoms with van der Waals surface area (Å²) in [6.07, 6.45) is 9.83. The van der Waals surface area contributed by atoms with Crippen molar-refractivity contribution in [2.75, 3.05) is 6.61 Å². The fourth-order valence-electron chi connectivity index (χ4n) is 1.52. The molecule has 0 aromatic rings. The highest BCUT2D eigenvalue weighted by Gasteiger charge is 2.02. The summed E-state index contributed by atoms with van der Waals surface area (Å²) in [7, 11) is 0. The number of rotatable bonds is 1. The molecule has 0 spiro atoms. The van der Waals surface area contributed by atoms with Gasteiger partial charge in [-0.1, -0.05) is 24.5 Å². The lowest BCUT2D eigenvalue weighted by Gasteiger charge is -1.99. The molecule has 1 heteroatoms. The lowest BCUT2D eigenvalue weighted by molar-refractivity contribution is 0.341. The third-order valence-electron chi connectivity index (χ3n) is 2.13. The van der Waals surface area contributed by atoms with Gasteiger partial charge in [0.25, 0.3) is 0 Å². The molecule has 0 unspecified atom stereocenters. The minimum absolute atomic E-state index is 0.231. The molecule has 0 radical (unpaired) electrons. The van der Waals surface area contributed by atoms with Crippen molar-refractivity contribution in [1.82, 2.24) is 0 Å². The van der Waals surface area contributed by atoms with Crippen LogP contribution >= 0.6 is 0 Å². The standard InChI is InChI=1S/C9H16O/c10-8-7-9-5-3-1-2-4-6-9/h7,10H,1-6,8H2. The van der Waals surface area contributed by atoms with Gasteiger partial charge in [-0.15, -0.1) is 0 Å². The summed E-state index contributed by atoms with van der Waals surface area (Å²) < 4.78 is 0. The molecule has 0 saturated heterocycles. The van der Waals surface area contributed by atoms with Crippen LogP contribution in [-0.2, 0) is 0 Å². The van der Waals surface area contributed by atoms with Gasteiger partial charge in [-0.25, -0.2) is 0 Å². The van der Waals surface area contributed by atoms with E-state index in [0.717, 1.165) is 0 Å². The summed E-state index contributed by atoms with van der Waals surface area (Å²) in [5, 5.41) is 8.63. The maximum Gasteiger partial charge on any atom is 0.0615 e. The van der Waals surface area contributed by atoms with Gasteiger partial charge in [0, 0.05) is 0 Å². The number of hydrogen-bond donors (Lipinski definition) is 1. The zero-order chi connectivity index (χ0) is 7.23. The van der Waals surface area contributed by atoms with Gasteiger partial charge in [-0.3, -0.25) is 0 Å². The van der Waals surface area contributed by atoms with Crippen molar-refractivity contribution in [3.8, 4) is 0 Å². The highest BCUT2D eigenvalue weighted by molar-refractivity contribution is 5.02. The first-order valence-electron chi connectivity index (χ1n) is 4.22. The summed E-state index contributed by atoms with van der Waals surface area (Å²) >= 11 is 0. The topological polar surface area (TPSA) is 20.2 Å². The molecule has 0 aromatic heterocycles. The first-order chi connectivity index (χ1) is 4.93. The Morgan fingerprint density at radius 2 is 1.70 bits per heavy atom. The SMILES string of the molecule is OCC=C1CCCCCC1. The van der Waals surface area contributed by atoms with Crippen LogP contribution in [0.1, 0.15) is 38.5 Å². The molecule has 1 aliphatic carbocycles. The average molecular weight is 140 g/mol. The fourth-order valence-corrected chi connectivity index (χ4v) is 1.52. The van der Waals surface area contributed by atoms with E-state index in [1.54, 1.807) is 0 Å². The monoisotopic (exact) mass is 140 g/mol. The van der Waals surface area contributed by atoms with Gasteiger partial charge < -0.3 is 5.11 Å². The van der Waals surface area contributed by atoms with E-state index in [9.17, 15) is 0 Å². The lowest BCUT2D eigenvalue weighted by atomic mass is 10.1. The zero-order valence-electron chi connectivity index (χ0n) is 6.47. The van der Waals surface area contributed by atoms with Crippen molar-refractivity contribution in [2.24, 2.45) is 0 Å². The smallest absolute Gasteiger partial charge is 0.0615 e. The van der Waals surface area contributed by atoms with Crippen molar-refractivity contribution in [1.29, 1.82) is 0 Å². The Hall–Kier alpha value is -0.300. The summed E-state index contributed by atoms with van der Waals surface area (Å²) in [4.78, 5) is 0. The molecule has 1 nitrogen and oxygen atoms in total. The van der Waals surface area contributed by atoms with Crippen LogP contribution in [0.25, 0.3) is 0 Å². The molecule has 1 rings (SSSR count). The molecule has 1 N–H and O–H groups in total. The number of hydrogen-bond acceptors (Lipinski definition) is 1. The Bertz CT molecular complexity index is 106. The molecule has 1 saturated carbocycles. The van der Waals surface area contributed by atoms with Gasteiger partial charge in [0.15, 0.2) is 0 Å². The van der Waals surface area contributed by atoms with Crippen LogP contribution in [0.5, 0.6) is 0 Å². The second kappa shape index (κ2) is 4.51. The molecule has 58 valence electrons. The summed E-state index contributed by atoms with van der Waals surface area (Å²) in [5.74, 6) is 0. The lowest BCUT2D eigenvalue weighted by Crippen LogP contribution is -1.83.